The fourth-order valence-electron chi connectivity index (χ4n) is 2.83. The summed E-state index contributed by atoms with van der Waals surface area (Å²) in [5.74, 6) is 0.567. The minimum Gasteiger partial charge on any atom is -0.410 e. The van der Waals surface area contributed by atoms with Crippen LogP contribution in [0.1, 0.15) is 6.42 Å². The van der Waals surface area contributed by atoms with Crippen LogP contribution in [0.2, 0.25) is 5.02 Å². The third-order valence-corrected chi connectivity index (χ3v) is 4.28. The van der Waals surface area contributed by atoms with Crippen LogP contribution in [0.5, 0.6) is 5.75 Å². The highest BCUT2D eigenvalue weighted by Crippen LogP contribution is 2.20. The second kappa shape index (κ2) is 7.66. The average Bonchev–Trinajstić information content (AvgIpc) is 3.20. The van der Waals surface area contributed by atoms with Gasteiger partial charge in [0.15, 0.2) is 5.03 Å². The van der Waals surface area contributed by atoms with E-state index in [-0.39, 0.29) is 18.4 Å². The molecule has 0 radical (unpaired) electrons. The summed E-state index contributed by atoms with van der Waals surface area (Å²) < 4.78 is 10.6. The summed E-state index contributed by atoms with van der Waals surface area (Å²) in [5, 5.41) is 14.0. The fourth-order valence-corrected chi connectivity index (χ4v) is 2.95. The fraction of sp³-hybridized carbons (Fsp3) is 0.467. The van der Waals surface area contributed by atoms with Crippen molar-refractivity contribution in [2.75, 3.05) is 32.8 Å². The van der Waals surface area contributed by atoms with E-state index in [9.17, 15) is 14.9 Å². The molecule has 0 spiro atoms. The summed E-state index contributed by atoms with van der Waals surface area (Å²) in [4.78, 5) is 26.2. The molecule has 2 fully saturated rings. The van der Waals surface area contributed by atoms with Gasteiger partial charge in [0.2, 0.25) is 0 Å². The Bertz CT molecular complexity index is 675. The normalized spacial score (nSPS) is 21.8. The highest BCUT2D eigenvalue weighted by atomic mass is 35.5. The molecule has 1 amide bonds. The monoisotopic (exact) mass is 368 g/mol. The summed E-state index contributed by atoms with van der Waals surface area (Å²) in [5.41, 5.74) is 0. The molecule has 1 atom stereocenters. The second-order valence-electron chi connectivity index (χ2n) is 5.79. The van der Waals surface area contributed by atoms with Crippen molar-refractivity contribution in [3.63, 3.8) is 0 Å². The van der Waals surface area contributed by atoms with E-state index in [1.807, 2.05) is 0 Å². The lowest BCUT2D eigenvalue weighted by molar-refractivity contribution is -0.486. The molecule has 9 nitrogen and oxygen atoms in total. The first-order valence-electron chi connectivity index (χ1n) is 7.83. The SMILES string of the molecule is O=C(Oc1ccc(Cl)cc1)N1CCN(CC2CCOC2)C1=N[N+](=O)[O-]. The molecular weight excluding hydrogens is 352 g/mol. The summed E-state index contributed by atoms with van der Waals surface area (Å²) in [7, 11) is 0. The zero-order valence-electron chi connectivity index (χ0n) is 13.3. The van der Waals surface area contributed by atoms with Crippen LogP contribution in [0, 0.1) is 16.0 Å². The number of nitrogens with zero attached hydrogens (tertiary/aromatic N) is 4. The van der Waals surface area contributed by atoms with Crippen molar-refractivity contribution >= 4 is 23.7 Å². The molecule has 0 aliphatic carbocycles. The minimum absolute atomic E-state index is 0.00383. The lowest BCUT2D eigenvalue weighted by Crippen LogP contribution is -2.41. The van der Waals surface area contributed by atoms with Crippen molar-refractivity contribution in [1.82, 2.24) is 9.80 Å². The molecule has 2 heterocycles. The Hall–Kier alpha value is -2.39. The number of carbonyl (C=O) groups is 1. The molecule has 25 heavy (non-hydrogen) atoms. The number of halogens is 1. The highest BCUT2D eigenvalue weighted by molar-refractivity contribution is 6.30. The molecule has 1 aromatic rings. The van der Waals surface area contributed by atoms with Crippen molar-refractivity contribution in [2.45, 2.75) is 6.42 Å². The number of hydrazone groups is 1. The van der Waals surface area contributed by atoms with Crippen LogP contribution in [-0.2, 0) is 4.74 Å². The summed E-state index contributed by atoms with van der Waals surface area (Å²) in [6, 6.07) is 6.28. The Balaban J connectivity index is 1.71. The molecule has 0 N–H and O–H groups in total. The number of ether oxygens (including phenoxy) is 2. The van der Waals surface area contributed by atoms with Gasteiger partial charge in [0.1, 0.15) is 10.9 Å². The van der Waals surface area contributed by atoms with Crippen molar-refractivity contribution < 1.29 is 19.3 Å². The summed E-state index contributed by atoms with van der Waals surface area (Å²) in [6.07, 6.45) is 0.172. The van der Waals surface area contributed by atoms with Gasteiger partial charge in [-0.3, -0.25) is 0 Å². The average molecular weight is 369 g/mol. The molecule has 3 rings (SSSR count). The Labute approximate surface area is 148 Å². The molecule has 10 heteroatoms. The van der Waals surface area contributed by atoms with Gasteiger partial charge in [0.05, 0.1) is 13.2 Å². The van der Waals surface area contributed by atoms with Crippen LogP contribution in [0.15, 0.2) is 29.4 Å². The van der Waals surface area contributed by atoms with Crippen LogP contribution in [0.25, 0.3) is 0 Å². The Kier molecular flexibility index (Phi) is 5.34. The molecular formula is C15H17ClN4O5. The van der Waals surface area contributed by atoms with E-state index in [1.165, 1.54) is 4.90 Å². The van der Waals surface area contributed by atoms with Crippen molar-refractivity contribution in [3.05, 3.63) is 39.4 Å². The first-order valence-corrected chi connectivity index (χ1v) is 8.21. The van der Waals surface area contributed by atoms with Gasteiger partial charge in [-0.25, -0.2) is 19.8 Å². The van der Waals surface area contributed by atoms with E-state index >= 15 is 0 Å². The molecule has 1 unspecified atom stereocenters. The topological polar surface area (TPSA) is 97.5 Å². The third-order valence-electron chi connectivity index (χ3n) is 4.03. The minimum atomic E-state index is -0.804. The third kappa shape index (κ3) is 4.37. The van der Waals surface area contributed by atoms with E-state index < -0.39 is 11.1 Å². The molecule has 2 aliphatic rings. The van der Waals surface area contributed by atoms with Gasteiger partial charge in [-0.05, 0) is 30.7 Å². The smallest absolute Gasteiger partial charge is 0.410 e. The number of nitro groups is 1. The van der Waals surface area contributed by atoms with E-state index in [2.05, 4.69) is 5.10 Å². The maximum atomic E-state index is 12.4. The van der Waals surface area contributed by atoms with E-state index in [0.29, 0.717) is 37.1 Å². The Morgan fingerprint density at radius 3 is 2.80 bits per heavy atom. The van der Waals surface area contributed by atoms with Crippen LogP contribution >= 0.6 is 11.6 Å². The summed E-state index contributed by atoms with van der Waals surface area (Å²) >= 11 is 5.79. The molecule has 2 saturated heterocycles. The quantitative estimate of drug-likeness (QED) is 0.596. The van der Waals surface area contributed by atoms with Gasteiger partial charge in [-0.15, -0.1) is 0 Å². The summed E-state index contributed by atoms with van der Waals surface area (Å²) in [6.45, 7) is 2.57. The van der Waals surface area contributed by atoms with Gasteiger partial charge in [0.25, 0.3) is 5.96 Å². The molecule has 2 aliphatic heterocycles. The van der Waals surface area contributed by atoms with E-state index in [0.717, 1.165) is 6.42 Å². The number of rotatable bonds is 4. The van der Waals surface area contributed by atoms with Crippen molar-refractivity contribution in [2.24, 2.45) is 11.0 Å². The predicted molar refractivity (Wildman–Crippen MR) is 89.1 cm³/mol. The van der Waals surface area contributed by atoms with Crippen molar-refractivity contribution in [3.8, 4) is 5.75 Å². The largest absolute Gasteiger partial charge is 0.422 e. The molecule has 0 bridgehead atoms. The number of amides is 1. The van der Waals surface area contributed by atoms with Gasteiger partial charge >= 0.3 is 6.09 Å². The number of benzene rings is 1. The van der Waals surface area contributed by atoms with Gasteiger partial charge in [-0.2, -0.15) is 0 Å². The zero-order valence-corrected chi connectivity index (χ0v) is 14.1. The standard InChI is InChI=1S/C15H17ClN4O5/c16-12-1-3-13(4-2-12)25-15(21)19-7-6-18(14(19)17-20(22)23)9-11-5-8-24-10-11/h1-4,11H,5-10H2. The molecule has 0 saturated carbocycles. The second-order valence-corrected chi connectivity index (χ2v) is 6.22. The van der Waals surface area contributed by atoms with Gasteiger partial charge in [-0.1, -0.05) is 11.6 Å². The number of carbonyl (C=O) groups excluding carboxylic acids is 1. The molecule has 134 valence electrons. The first kappa shape index (κ1) is 17.4. The first-order chi connectivity index (χ1) is 12.0. The number of hydrogen-bond acceptors (Lipinski definition) is 5. The lowest BCUT2D eigenvalue weighted by atomic mass is 10.1. The van der Waals surface area contributed by atoms with Gasteiger partial charge in [0, 0.05) is 30.6 Å². The zero-order chi connectivity index (χ0) is 17.8. The Morgan fingerprint density at radius 1 is 1.40 bits per heavy atom. The molecule has 0 aromatic heterocycles. The maximum Gasteiger partial charge on any atom is 0.422 e. The Morgan fingerprint density at radius 2 is 2.16 bits per heavy atom. The van der Waals surface area contributed by atoms with Crippen LogP contribution < -0.4 is 4.74 Å². The maximum absolute atomic E-state index is 12.4. The molecule has 1 aromatic carbocycles. The number of hydrogen-bond donors (Lipinski definition) is 0. The van der Waals surface area contributed by atoms with Gasteiger partial charge < -0.3 is 14.4 Å². The van der Waals surface area contributed by atoms with Crippen LogP contribution in [-0.4, -0.2) is 59.7 Å². The van der Waals surface area contributed by atoms with E-state index in [1.54, 1.807) is 29.2 Å². The highest BCUT2D eigenvalue weighted by Gasteiger charge is 2.37. The van der Waals surface area contributed by atoms with Crippen molar-refractivity contribution in [1.29, 1.82) is 0 Å². The predicted octanol–water partition coefficient (Wildman–Crippen LogP) is 2.04. The lowest BCUT2D eigenvalue weighted by Gasteiger charge is -2.21. The number of guanidine groups is 1. The van der Waals surface area contributed by atoms with Crippen LogP contribution in [0.4, 0.5) is 4.79 Å². The van der Waals surface area contributed by atoms with E-state index in [4.69, 9.17) is 21.1 Å². The van der Waals surface area contributed by atoms with Crippen LogP contribution in [0.3, 0.4) is 0 Å².